The van der Waals surface area contributed by atoms with Crippen LogP contribution in [0.2, 0.25) is 0 Å². The zero-order valence-corrected chi connectivity index (χ0v) is 13.7. The van der Waals surface area contributed by atoms with Crippen LogP contribution in [-0.2, 0) is 6.42 Å². The summed E-state index contributed by atoms with van der Waals surface area (Å²) >= 11 is 0. The number of hydrogen-bond donors (Lipinski definition) is 1. The van der Waals surface area contributed by atoms with Crippen molar-refractivity contribution < 1.29 is 0 Å². The summed E-state index contributed by atoms with van der Waals surface area (Å²) in [5.74, 6) is 1.77. The van der Waals surface area contributed by atoms with Crippen LogP contribution in [0.1, 0.15) is 56.2 Å². The molecule has 2 rings (SSSR count). The largest absolute Gasteiger partial charge is 0.314 e. The fourth-order valence-corrected chi connectivity index (χ4v) is 3.70. The third-order valence-electron chi connectivity index (χ3n) is 5.04. The molecule has 3 atom stereocenters. The molecule has 1 nitrogen and oxygen atoms in total. The topological polar surface area (TPSA) is 12.0 Å². The molecule has 1 aliphatic rings. The number of benzene rings is 1. The quantitative estimate of drug-likeness (QED) is 0.823. The van der Waals surface area contributed by atoms with Gasteiger partial charge in [-0.15, -0.1) is 0 Å². The first-order valence-corrected chi connectivity index (χ1v) is 8.39. The Kier molecular flexibility index (Phi) is 5.65. The van der Waals surface area contributed by atoms with Crippen molar-refractivity contribution in [3.05, 3.63) is 34.9 Å². The summed E-state index contributed by atoms with van der Waals surface area (Å²) in [4.78, 5) is 0. The second kappa shape index (κ2) is 7.26. The van der Waals surface area contributed by atoms with Crippen LogP contribution in [0.5, 0.6) is 0 Å². The zero-order chi connectivity index (χ0) is 14.5. The Morgan fingerprint density at radius 2 is 2.00 bits per heavy atom. The van der Waals surface area contributed by atoms with Crippen molar-refractivity contribution in [1.29, 1.82) is 0 Å². The Morgan fingerprint density at radius 3 is 2.65 bits per heavy atom. The van der Waals surface area contributed by atoms with Gasteiger partial charge in [-0.3, -0.25) is 0 Å². The predicted molar refractivity (Wildman–Crippen MR) is 88.2 cm³/mol. The van der Waals surface area contributed by atoms with Gasteiger partial charge in [0.15, 0.2) is 0 Å². The highest BCUT2D eigenvalue weighted by atomic mass is 14.9. The molecule has 0 saturated heterocycles. The van der Waals surface area contributed by atoms with Crippen LogP contribution in [0.4, 0.5) is 0 Å². The van der Waals surface area contributed by atoms with Gasteiger partial charge in [0.1, 0.15) is 0 Å². The van der Waals surface area contributed by atoms with Crippen LogP contribution >= 0.6 is 0 Å². The van der Waals surface area contributed by atoms with E-state index in [9.17, 15) is 0 Å². The molecule has 0 heterocycles. The summed E-state index contributed by atoms with van der Waals surface area (Å²) in [6.45, 7) is 10.2. The molecule has 20 heavy (non-hydrogen) atoms. The number of nitrogens with one attached hydrogen (secondary N) is 1. The van der Waals surface area contributed by atoms with E-state index in [-0.39, 0.29) is 0 Å². The van der Waals surface area contributed by atoms with E-state index >= 15 is 0 Å². The molecule has 0 amide bonds. The molecule has 0 radical (unpaired) electrons. The molecule has 0 bridgehead atoms. The van der Waals surface area contributed by atoms with Gasteiger partial charge >= 0.3 is 0 Å². The first kappa shape index (κ1) is 15.6. The second-order valence-corrected chi connectivity index (χ2v) is 6.82. The van der Waals surface area contributed by atoms with Gasteiger partial charge in [-0.2, -0.15) is 0 Å². The van der Waals surface area contributed by atoms with Crippen molar-refractivity contribution in [2.45, 2.75) is 65.8 Å². The lowest BCUT2D eigenvalue weighted by atomic mass is 9.77. The highest BCUT2D eigenvalue weighted by Gasteiger charge is 2.26. The van der Waals surface area contributed by atoms with E-state index in [1.807, 2.05) is 0 Å². The minimum absolute atomic E-state index is 0.657. The molecule has 0 aliphatic heterocycles. The molecule has 0 aromatic heterocycles. The minimum Gasteiger partial charge on any atom is -0.314 e. The van der Waals surface area contributed by atoms with Gasteiger partial charge in [-0.1, -0.05) is 44.9 Å². The van der Waals surface area contributed by atoms with Gasteiger partial charge in [0.05, 0.1) is 0 Å². The van der Waals surface area contributed by atoms with Crippen LogP contribution in [0.25, 0.3) is 0 Å². The maximum absolute atomic E-state index is 3.76. The maximum atomic E-state index is 3.76. The molecule has 1 fully saturated rings. The lowest BCUT2D eigenvalue weighted by Crippen LogP contribution is -2.40. The van der Waals surface area contributed by atoms with E-state index in [1.54, 1.807) is 0 Å². The SMILES string of the molecule is CCNC(Cc1ccc(C)c(C)c1)C1CCCC(C)C1. The lowest BCUT2D eigenvalue weighted by molar-refractivity contribution is 0.222. The van der Waals surface area contributed by atoms with Crippen LogP contribution in [0.15, 0.2) is 18.2 Å². The summed E-state index contributed by atoms with van der Waals surface area (Å²) in [5.41, 5.74) is 4.33. The van der Waals surface area contributed by atoms with Crippen molar-refractivity contribution in [3.63, 3.8) is 0 Å². The highest BCUT2D eigenvalue weighted by Crippen LogP contribution is 2.32. The van der Waals surface area contributed by atoms with E-state index in [0.29, 0.717) is 6.04 Å². The minimum atomic E-state index is 0.657. The Balaban J connectivity index is 2.06. The van der Waals surface area contributed by atoms with E-state index in [1.165, 1.54) is 48.8 Å². The van der Waals surface area contributed by atoms with Gasteiger partial charge in [0, 0.05) is 6.04 Å². The van der Waals surface area contributed by atoms with Gasteiger partial charge in [-0.25, -0.2) is 0 Å². The van der Waals surface area contributed by atoms with Crippen molar-refractivity contribution in [1.82, 2.24) is 5.32 Å². The van der Waals surface area contributed by atoms with Crippen molar-refractivity contribution in [3.8, 4) is 0 Å². The molecule has 1 saturated carbocycles. The van der Waals surface area contributed by atoms with Gasteiger partial charge in [0.25, 0.3) is 0 Å². The van der Waals surface area contributed by atoms with E-state index < -0.39 is 0 Å². The predicted octanol–water partition coefficient (Wildman–Crippen LogP) is 4.65. The van der Waals surface area contributed by atoms with Gasteiger partial charge in [-0.05, 0) is 68.2 Å². The first-order chi connectivity index (χ1) is 9.60. The van der Waals surface area contributed by atoms with Crippen LogP contribution in [-0.4, -0.2) is 12.6 Å². The molecule has 1 aromatic carbocycles. The molecular formula is C19H31N. The molecule has 1 aliphatic carbocycles. The fraction of sp³-hybridized carbons (Fsp3) is 0.684. The number of likely N-dealkylation sites (N-methyl/N-ethyl adjacent to an activating group) is 1. The van der Waals surface area contributed by atoms with Crippen LogP contribution < -0.4 is 5.32 Å². The summed E-state index contributed by atoms with van der Waals surface area (Å²) in [6, 6.07) is 7.63. The number of hydrogen-bond acceptors (Lipinski definition) is 1. The average Bonchev–Trinajstić information content (AvgIpc) is 2.42. The Hall–Kier alpha value is -0.820. The monoisotopic (exact) mass is 273 g/mol. The van der Waals surface area contributed by atoms with Gasteiger partial charge < -0.3 is 5.32 Å². The molecule has 1 heteroatoms. The number of aryl methyl sites for hydroxylation is 2. The molecule has 3 unspecified atom stereocenters. The van der Waals surface area contributed by atoms with Crippen molar-refractivity contribution in [2.24, 2.45) is 11.8 Å². The van der Waals surface area contributed by atoms with Crippen molar-refractivity contribution >= 4 is 0 Å². The third-order valence-corrected chi connectivity index (χ3v) is 5.04. The fourth-order valence-electron chi connectivity index (χ4n) is 3.70. The molecule has 1 N–H and O–H groups in total. The smallest absolute Gasteiger partial charge is 0.0136 e. The van der Waals surface area contributed by atoms with Crippen LogP contribution in [0.3, 0.4) is 0 Å². The van der Waals surface area contributed by atoms with Gasteiger partial charge in [0.2, 0.25) is 0 Å². The van der Waals surface area contributed by atoms with E-state index in [2.05, 4.69) is 51.2 Å². The van der Waals surface area contributed by atoms with Crippen molar-refractivity contribution in [2.75, 3.05) is 6.54 Å². The molecule has 1 aromatic rings. The average molecular weight is 273 g/mol. The third kappa shape index (κ3) is 4.09. The summed E-state index contributed by atoms with van der Waals surface area (Å²) < 4.78 is 0. The zero-order valence-electron chi connectivity index (χ0n) is 13.7. The van der Waals surface area contributed by atoms with E-state index in [0.717, 1.165) is 18.4 Å². The van der Waals surface area contributed by atoms with E-state index in [4.69, 9.17) is 0 Å². The molecule has 0 spiro atoms. The number of rotatable bonds is 5. The summed E-state index contributed by atoms with van der Waals surface area (Å²) in [7, 11) is 0. The summed E-state index contributed by atoms with van der Waals surface area (Å²) in [5, 5.41) is 3.76. The van der Waals surface area contributed by atoms with Crippen LogP contribution in [0, 0.1) is 25.7 Å². The second-order valence-electron chi connectivity index (χ2n) is 6.82. The normalized spacial score (nSPS) is 24.6. The highest BCUT2D eigenvalue weighted by molar-refractivity contribution is 5.30. The lowest BCUT2D eigenvalue weighted by Gasteiger charge is -2.34. The maximum Gasteiger partial charge on any atom is 0.0136 e. The Morgan fingerprint density at radius 1 is 1.20 bits per heavy atom. The Bertz CT molecular complexity index is 424. The standard InChI is InChI=1S/C19H31N/c1-5-20-19(18-8-6-7-14(2)11-18)13-17-10-9-15(3)16(4)12-17/h9-10,12,14,18-20H,5-8,11,13H2,1-4H3. The molecular weight excluding hydrogens is 242 g/mol. The molecule has 112 valence electrons. The first-order valence-electron chi connectivity index (χ1n) is 8.39. The Labute approximate surface area is 125 Å². The summed E-state index contributed by atoms with van der Waals surface area (Å²) in [6.07, 6.45) is 6.85.